The monoisotopic (exact) mass is 458 g/mol. The third-order valence-electron chi connectivity index (χ3n) is 5.39. The van der Waals surface area contributed by atoms with E-state index in [4.69, 9.17) is 4.98 Å². The van der Waals surface area contributed by atoms with Crippen LogP contribution in [0.2, 0.25) is 0 Å². The van der Waals surface area contributed by atoms with Crippen LogP contribution in [0.4, 0.5) is 5.82 Å². The molecule has 172 valence electrons. The molecule has 1 fully saturated rings. The molecule has 4 rings (SSSR count). The minimum Gasteiger partial charge on any atom is -0.356 e. The first-order valence-corrected chi connectivity index (χ1v) is 11.9. The summed E-state index contributed by atoms with van der Waals surface area (Å²) < 4.78 is 13.6. The van der Waals surface area contributed by atoms with Gasteiger partial charge in [-0.05, 0) is 20.3 Å². The minimum atomic E-state index is -0.828. The standard InChI is InChI=1S/C20H26N8O2S.CH4/c1-4-15(20(29)27-6-8-31(30)9-7-27)25-17-16-19(24-12-23-17)28(5-2)18(26-16)14-10-21-13(3)22-11-14;/h10-12,15H,4-9H2,1-3H3,(H,23,24,25);1H4. The van der Waals surface area contributed by atoms with E-state index < -0.39 is 16.8 Å². The van der Waals surface area contributed by atoms with Gasteiger partial charge in [-0.3, -0.25) is 9.00 Å². The van der Waals surface area contributed by atoms with Crippen LogP contribution in [0, 0.1) is 6.92 Å². The lowest BCUT2D eigenvalue weighted by Crippen LogP contribution is -2.48. The van der Waals surface area contributed by atoms with Crippen LogP contribution in [-0.4, -0.2) is 75.1 Å². The van der Waals surface area contributed by atoms with E-state index in [0.717, 1.165) is 5.56 Å². The summed E-state index contributed by atoms with van der Waals surface area (Å²) in [5, 5.41) is 3.28. The average Bonchev–Trinajstić information content (AvgIpc) is 3.17. The number of imidazole rings is 1. The van der Waals surface area contributed by atoms with Crippen molar-refractivity contribution in [3.63, 3.8) is 0 Å². The highest BCUT2D eigenvalue weighted by Gasteiger charge is 2.27. The van der Waals surface area contributed by atoms with Crippen LogP contribution in [0.5, 0.6) is 0 Å². The second-order valence-corrected chi connectivity index (χ2v) is 9.07. The molecule has 0 aliphatic carbocycles. The molecule has 1 saturated heterocycles. The molecule has 4 heterocycles. The van der Waals surface area contributed by atoms with Gasteiger partial charge in [-0.2, -0.15) is 0 Å². The maximum absolute atomic E-state index is 13.0. The Labute approximate surface area is 190 Å². The van der Waals surface area contributed by atoms with Gasteiger partial charge in [0.2, 0.25) is 5.91 Å². The molecule has 0 saturated carbocycles. The molecule has 3 aromatic rings. The predicted molar refractivity (Wildman–Crippen MR) is 126 cm³/mol. The number of hydrogen-bond acceptors (Lipinski definition) is 8. The highest BCUT2D eigenvalue weighted by atomic mass is 32.2. The van der Waals surface area contributed by atoms with Gasteiger partial charge in [-0.1, -0.05) is 14.4 Å². The molecular formula is C21H30N8O2S. The lowest BCUT2D eigenvalue weighted by Gasteiger charge is -2.30. The highest BCUT2D eigenvalue weighted by Crippen LogP contribution is 2.27. The Hall–Kier alpha value is -2.95. The number of hydrogen-bond donors (Lipinski definition) is 1. The van der Waals surface area contributed by atoms with Crippen molar-refractivity contribution in [2.45, 2.75) is 47.2 Å². The molecule has 1 N–H and O–H groups in total. The predicted octanol–water partition coefficient (Wildman–Crippen LogP) is 2.03. The third-order valence-corrected chi connectivity index (χ3v) is 6.67. The number of aryl methyl sites for hydroxylation is 2. The Morgan fingerprint density at radius 1 is 1.16 bits per heavy atom. The van der Waals surface area contributed by atoms with E-state index in [1.165, 1.54) is 6.33 Å². The number of amides is 1. The van der Waals surface area contributed by atoms with Crippen molar-refractivity contribution in [2.24, 2.45) is 0 Å². The van der Waals surface area contributed by atoms with E-state index >= 15 is 0 Å². The topological polar surface area (TPSA) is 119 Å². The number of aromatic nitrogens is 6. The van der Waals surface area contributed by atoms with Crippen molar-refractivity contribution in [3.05, 3.63) is 24.5 Å². The summed E-state index contributed by atoms with van der Waals surface area (Å²) in [7, 11) is -0.828. The molecule has 0 radical (unpaired) electrons. The second-order valence-electron chi connectivity index (χ2n) is 7.37. The Balaban J connectivity index is 0.00000289. The van der Waals surface area contributed by atoms with Gasteiger partial charge in [0.05, 0.1) is 5.56 Å². The fourth-order valence-electron chi connectivity index (χ4n) is 3.65. The largest absolute Gasteiger partial charge is 0.356 e. The Morgan fingerprint density at radius 2 is 1.84 bits per heavy atom. The first-order valence-electron chi connectivity index (χ1n) is 10.4. The van der Waals surface area contributed by atoms with E-state index in [9.17, 15) is 9.00 Å². The fraction of sp³-hybridized carbons (Fsp3) is 0.524. The zero-order chi connectivity index (χ0) is 22.0. The summed E-state index contributed by atoms with van der Waals surface area (Å²) in [6.07, 6.45) is 5.57. The van der Waals surface area contributed by atoms with E-state index in [-0.39, 0.29) is 13.3 Å². The molecule has 11 heteroatoms. The Kier molecular flexibility index (Phi) is 7.49. The molecule has 10 nitrogen and oxygen atoms in total. The van der Waals surface area contributed by atoms with Crippen molar-refractivity contribution >= 4 is 33.7 Å². The smallest absolute Gasteiger partial charge is 0.245 e. The SMILES string of the molecule is C.CCC(Nc1ncnc2c1nc(-c1cnc(C)nc1)n2CC)C(=O)N1CCS(=O)CC1. The van der Waals surface area contributed by atoms with Crippen molar-refractivity contribution < 1.29 is 9.00 Å². The zero-order valence-corrected chi connectivity index (χ0v) is 18.7. The lowest BCUT2D eigenvalue weighted by atomic mass is 10.2. The van der Waals surface area contributed by atoms with Gasteiger partial charge in [-0.25, -0.2) is 24.9 Å². The first-order chi connectivity index (χ1) is 15.0. The number of carbonyl (C=O) groups excluding carboxylic acids is 1. The minimum absolute atomic E-state index is 0. The Morgan fingerprint density at radius 3 is 2.47 bits per heavy atom. The van der Waals surface area contributed by atoms with Crippen LogP contribution >= 0.6 is 0 Å². The maximum Gasteiger partial charge on any atom is 0.245 e. The molecule has 1 atom stereocenters. The molecule has 1 unspecified atom stereocenters. The number of nitrogens with one attached hydrogen (secondary N) is 1. The third kappa shape index (κ3) is 4.62. The van der Waals surface area contributed by atoms with Gasteiger partial charge < -0.3 is 14.8 Å². The van der Waals surface area contributed by atoms with E-state index in [1.807, 2.05) is 25.3 Å². The second kappa shape index (κ2) is 10.1. The van der Waals surface area contributed by atoms with Gasteiger partial charge in [-0.15, -0.1) is 0 Å². The summed E-state index contributed by atoms with van der Waals surface area (Å²) in [5.41, 5.74) is 2.08. The summed E-state index contributed by atoms with van der Waals surface area (Å²) in [4.78, 5) is 37.0. The number of anilines is 1. The summed E-state index contributed by atoms with van der Waals surface area (Å²) >= 11 is 0. The Bertz CT molecular complexity index is 1100. The van der Waals surface area contributed by atoms with Crippen LogP contribution in [0.25, 0.3) is 22.6 Å². The van der Waals surface area contributed by atoms with E-state index in [0.29, 0.717) is 66.2 Å². The molecule has 1 aliphatic rings. The summed E-state index contributed by atoms with van der Waals surface area (Å²) in [5.74, 6) is 2.97. The fourth-order valence-corrected chi connectivity index (χ4v) is 4.70. The summed E-state index contributed by atoms with van der Waals surface area (Å²) in [6, 6.07) is -0.442. The number of rotatable bonds is 6. The summed E-state index contributed by atoms with van der Waals surface area (Å²) in [6.45, 7) is 7.51. The van der Waals surface area contributed by atoms with Gasteiger partial charge in [0, 0.05) is 54.3 Å². The van der Waals surface area contributed by atoms with Crippen molar-refractivity contribution in [1.29, 1.82) is 0 Å². The highest BCUT2D eigenvalue weighted by molar-refractivity contribution is 7.85. The van der Waals surface area contributed by atoms with Crippen molar-refractivity contribution in [3.8, 4) is 11.4 Å². The van der Waals surface area contributed by atoms with Crippen LogP contribution in [0.1, 0.15) is 33.5 Å². The molecule has 3 aromatic heterocycles. The number of carbonyl (C=O) groups is 1. The number of fused-ring (bicyclic) bond motifs is 1. The van der Waals surface area contributed by atoms with Crippen molar-refractivity contribution in [1.82, 2.24) is 34.4 Å². The zero-order valence-electron chi connectivity index (χ0n) is 17.9. The molecule has 0 bridgehead atoms. The first kappa shape index (κ1) is 23.7. The van der Waals surface area contributed by atoms with Crippen LogP contribution in [-0.2, 0) is 22.1 Å². The van der Waals surface area contributed by atoms with E-state index in [1.54, 1.807) is 17.3 Å². The van der Waals surface area contributed by atoms with Gasteiger partial charge in [0.15, 0.2) is 17.0 Å². The molecule has 0 spiro atoms. The quantitative estimate of drug-likeness (QED) is 0.596. The molecule has 1 amide bonds. The van der Waals surface area contributed by atoms with Gasteiger partial charge in [0.25, 0.3) is 0 Å². The normalized spacial score (nSPS) is 15.4. The van der Waals surface area contributed by atoms with Crippen LogP contribution in [0.3, 0.4) is 0 Å². The molecule has 1 aliphatic heterocycles. The molecule has 0 aromatic carbocycles. The average molecular weight is 459 g/mol. The van der Waals surface area contributed by atoms with Crippen LogP contribution in [0.15, 0.2) is 18.7 Å². The van der Waals surface area contributed by atoms with E-state index in [2.05, 4.69) is 25.3 Å². The van der Waals surface area contributed by atoms with Gasteiger partial charge in [0.1, 0.15) is 24.0 Å². The maximum atomic E-state index is 13.0. The van der Waals surface area contributed by atoms with Crippen molar-refractivity contribution in [2.75, 3.05) is 29.9 Å². The van der Waals surface area contributed by atoms with Gasteiger partial charge >= 0.3 is 0 Å². The number of nitrogens with zero attached hydrogens (tertiary/aromatic N) is 7. The van der Waals surface area contributed by atoms with Crippen LogP contribution < -0.4 is 5.32 Å². The molecular weight excluding hydrogens is 428 g/mol. The lowest BCUT2D eigenvalue weighted by molar-refractivity contribution is -0.131. The molecule has 32 heavy (non-hydrogen) atoms.